The van der Waals surface area contributed by atoms with Gasteiger partial charge in [-0.25, -0.2) is 0 Å². The van der Waals surface area contributed by atoms with Crippen LogP contribution in [-0.4, -0.2) is 10.8 Å². The third-order valence-electron chi connectivity index (χ3n) is 3.01. The second-order valence-electron chi connectivity index (χ2n) is 4.63. The molecule has 0 aliphatic heterocycles. The molecule has 2 aromatic rings. The molecule has 0 unspecified atom stereocenters. The first-order valence-corrected chi connectivity index (χ1v) is 7.20. The summed E-state index contributed by atoms with van der Waals surface area (Å²) in [4.78, 5) is 21.9. The van der Waals surface area contributed by atoms with Crippen LogP contribution in [0, 0.1) is 10.1 Å². The molecule has 0 atom stereocenters. The molecule has 2 rings (SSSR count). The van der Waals surface area contributed by atoms with Crippen LogP contribution < -0.4 is 10.4 Å². The second kappa shape index (κ2) is 7.04. The maximum Gasteiger partial charge on any atom is 0.269 e. The van der Waals surface area contributed by atoms with Gasteiger partial charge in [0.05, 0.1) is 11.3 Å². The molecule has 0 fully saturated rings. The Morgan fingerprint density at radius 3 is 2.50 bits per heavy atom. The van der Waals surface area contributed by atoms with E-state index in [1.807, 2.05) is 24.3 Å². The van der Waals surface area contributed by atoms with E-state index in [1.54, 1.807) is 0 Å². The van der Waals surface area contributed by atoms with Crippen LogP contribution in [0.4, 0.5) is 5.69 Å². The average molecular weight is 364 g/mol. The number of amides is 1. The van der Waals surface area contributed by atoms with Crippen molar-refractivity contribution in [2.24, 2.45) is 0 Å². The van der Waals surface area contributed by atoms with Crippen molar-refractivity contribution in [3.8, 4) is 5.75 Å². The fourth-order valence-electron chi connectivity index (χ4n) is 1.86. The minimum absolute atomic E-state index is 0.0319. The second-order valence-corrected chi connectivity index (χ2v) is 5.54. The highest BCUT2D eigenvalue weighted by atomic mass is 79.9. The molecule has 6 nitrogen and oxygen atoms in total. The molecule has 0 saturated heterocycles. The molecule has 114 valence electrons. The van der Waals surface area contributed by atoms with Crippen molar-refractivity contribution < 1.29 is 14.8 Å². The van der Waals surface area contributed by atoms with Gasteiger partial charge in [0.25, 0.3) is 5.69 Å². The van der Waals surface area contributed by atoms with Gasteiger partial charge in [0, 0.05) is 23.2 Å². The quantitative estimate of drug-likeness (QED) is 0.651. The molecule has 0 aromatic heterocycles. The molecule has 0 bridgehead atoms. The van der Waals surface area contributed by atoms with E-state index in [-0.39, 0.29) is 35.9 Å². The predicted octanol–water partition coefficient (Wildman–Crippen LogP) is 2.29. The van der Waals surface area contributed by atoms with E-state index < -0.39 is 4.92 Å². The smallest absolute Gasteiger partial charge is 0.269 e. The van der Waals surface area contributed by atoms with Crippen LogP contribution in [0.15, 0.2) is 46.9 Å². The van der Waals surface area contributed by atoms with Gasteiger partial charge < -0.3 is 10.4 Å². The van der Waals surface area contributed by atoms with Crippen molar-refractivity contribution in [1.29, 1.82) is 0 Å². The van der Waals surface area contributed by atoms with Crippen LogP contribution in [0.1, 0.15) is 11.1 Å². The third-order valence-corrected chi connectivity index (χ3v) is 3.54. The van der Waals surface area contributed by atoms with Gasteiger partial charge in [0.15, 0.2) is 0 Å². The predicted molar refractivity (Wildman–Crippen MR) is 82.2 cm³/mol. The lowest BCUT2D eigenvalue weighted by molar-refractivity contribution is -0.385. The number of hydrogen-bond donors (Lipinski definition) is 1. The van der Waals surface area contributed by atoms with Crippen molar-refractivity contribution in [3.05, 3.63) is 68.2 Å². The summed E-state index contributed by atoms with van der Waals surface area (Å²) >= 11 is 3.31. The van der Waals surface area contributed by atoms with E-state index in [9.17, 15) is 20.0 Å². The molecule has 0 heterocycles. The van der Waals surface area contributed by atoms with E-state index in [2.05, 4.69) is 21.2 Å². The van der Waals surface area contributed by atoms with E-state index in [4.69, 9.17) is 0 Å². The van der Waals surface area contributed by atoms with Gasteiger partial charge in [-0.3, -0.25) is 14.9 Å². The highest BCUT2D eigenvalue weighted by Crippen LogP contribution is 2.20. The van der Waals surface area contributed by atoms with Crippen molar-refractivity contribution in [2.45, 2.75) is 13.0 Å². The summed E-state index contributed by atoms with van der Waals surface area (Å²) in [6.07, 6.45) is 0.177. The molecule has 0 saturated carbocycles. The zero-order chi connectivity index (χ0) is 16.1. The van der Waals surface area contributed by atoms with E-state index in [0.717, 1.165) is 22.2 Å². The number of carbonyl (C=O) groups is 1. The summed E-state index contributed by atoms with van der Waals surface area (Å²) in [6, 6.07) is 10.8. The average Bonchev–Trinajstić information content (AvgIpc) is 2.48. The third kappa shape index (κ3) is 4.29. The Kier molecular flexibility index (Phi) is 5.11. The molecule has 7 heteroatoms. The standard InChI is InChI=1S/C15H13BrN2O4/c16-12-3-1-10(2-4-12)7-15(20)17-9-11-8-13(18(21)22)5-6-14(11)19/h1-6,8,19H,7,9H2,(H,17,20)/p-1. The number of nitro groups is 1. The maximum atomic E-state index is 11.8. The van der Waals surface area contributed by atoms with Crippen molar-refractivity contribution in [3.63, 3.8) is 0 Å². The number of rotatable bonds is 5. The lowest BCUT2D eigenvalue weighted by Crippen LogP contribution is -2.25. The highest BCUT2D eigenvalue weighted by Gasteiger charge is 2.08. The van der Waals surface area contributed by atoms with E-state index >= 15 is 0 Å². The van der Waals surface area contributed by atoms with Gasteiger partial charge in [-0.15, -0.1) is 5.75 Å². The number of nitro benzene ring substituents is 1. The summed E-state index contributed by atoms with van der Waals surface area (Å²) in [5, 5.41) is 24.9. The van der Waals surface area contributed by atoms with Gasteiger partial charge in [-0.2, -0.15) is 0 Å². The first-order chi connectivity index (χ1) is 10.5. The van der Waals surface area contributed by atoms with Crippen LogP contribution in [0.2, 0.25) is 0 Å². The van der Waals surface area contributed by atoms with E-state index in [0.29, 0.717) is 0 Å². The van der Waals surface area contributed by atoms with Crippen molar-refractivity contribution in [1.82, 2.24) is 5.32 Å². The first kappa shape index (κ1) is 16.0. The molecule has 0 aliphatic carbocycles. The molecule has 2 aromatic carbocycles. The molecule has 1 N–H and O–H groups in total. The van der Waals surface area contributed by atoms with Gasteiger partial charge in [0.2, 0.25) is 5.91 Å². The Morgan fingerprint density at radius 1 is 1.18 bits per heavy atom. The number of hydrogen-bond acceptors (Lipinski definition) is 4. The fraction of sp³-hybridized carbons (Fsp3) is 0.133. The molecule has 22 heavy (non-hydrogen) atoms. The van der Waals surface area contributed by atoms with Crippen LogP contribution in [0.5, 0.6) is 5.75 Å². The molecule has 0 spiro atoms. The SMILES string of the molecule is O=C(Cc1ccc(Br)cc1)NCc1cc([N+](=O)[O-])ccc1[O-]. The van der Waals surface area contributed by atoms with E-state index in [1.165, 1.54) is 6.07 Å². The van der Waals surface area contributed by atoms with Gasteiger partial charge in [0.1, 0.15) is 0 Å². The lowest BCUT2D eigenvalue weighted by Gasteiger charge is -2.13. The largest absolute Gasteiger partial charge is 0.872 e. The molecule has 0 aliphatic rings. The monoisotopic (exact) mass is 363 g/mol. The van der Waals surface area contributed by atoms with Gasteiger partial charge >= 0.3 is 0 Å². The maximum absolute atomic E-state index is 11.8. The zero-order valence-corrected chi connectivity index (χ0v) is 13.0. The summed E-state index contributed by atoms with van der Waals surface area (Å²) in [6.45, 7) is -0.0319. The van der Waals surface area contributed by atoms with Crippen LogP contribution >= 0.6 is 15.9 Å². The number of carbonyl (C=O) groups excluding carboxylic acids is 1. The molecular weight excluding hydrogens is 352 g/mol. The molecule has 1 amide bonds. The number of nitrogens with one attached hydrogen (secondary N) is 1. The summed E-state index contributed by atoms with van der Waals surface area (Å²) in [5.41, 5.74) is 0.859. The zero-order valence-electron chi connectivity index (χ0n) is 11.4. The van der Waals surface area contributed by atoms with Crippen LogP contribution in [0.3, 0.4) is 0 Å². The molecular formula is C15H12BrN2O4-. The van der Waals surface area contributed by atoms with Gasteiger partial charge in [-0.05, 0) is 23.3 Å². The summed E-state index contributed by atoms with van der Waals surface area (Å²) in [7, 11) is 0. The van der Waals surface area contributed by atoms with Crippen LogP contribution in [0.25, 0.3) is 0 Å². The fourth-order valence-corrected chi connectivity index (χ4v) is 2.13. The lowest BCUT2D eigenvalue weighted by atomic mass is 10.1. The Bertz CT molecular complexity index is 701. The number of benzene rings is 2. The highest BCUT2D eigenvalue weighted by molar-refractivity contribution is 9.10. The summed E-state index contributed by atoms with van der Waals surface area (Å²) in [5.74, 6) is -0.595. The minimum atomic E-state index is -0.577. The number of non-ortho nitro benzene ring substituents is 1. The number of halogens is 1. The first-order valence-electron chi connectivity index (χ1n) is 6.41. The van der Waals surface area contributed by atoms with Crippen LogP contribution in [-0.2, 0) is 17.8 Å². The minimum Gasteiger partial charge on any atom is -0.872 e. The van der Waals surface area contributed by atoms with Crippen molar-refractivity contribution >= 4 is 27.5 Å². The number of nitrogens with zero attached hydrogens (tertiary/aromatic N) is 1. The summed E-state index contributed by atoms with van der Waals surface area (Å²) < 4.78 is 0.921. The normalized spacial score (nSPS) is 10.2. The Morgan fingerprint density at radius 2 is 1.86 bits per heavy atom. The van der Waals surface area contributed by atoms with Gasteiger partial charge in [-0.1, -0.05) is 34.1 Å². The Hall–Kier alpha value is -2.41. The Balaban J connectivity index is 1.97. The topological polar surface area (TPSA) is 95.3 Å². The van der Waals surface area contributed by atoms with Crippen molar-refractivity contribution in [2.75, 3.05) is 0 Å². The molecule has 0 radical (unpaired) electrons. The Labute approximate surface area is 135 Å².